The van der Waals surface area contributed by atoms with Crippen LogP contribution in [0.2, 0.25) is 0 Å². The van der Waals surface area contributed by atoms with Gasteiger partial charge in [0.25, 0.3) is 0 Å². The number of nitrogens with one attached hydrogen (secondary N) is 1. The maximum absolute atomic E-state index is 11.8. The average Bonchev–Trinajstić information content (AvgIpc) is 2.34. The van der Waals surface area contributed by atoms with E-state index in [4.69, 9.17) is 4.74 Å². The van der Waals surface area contributed by atoms with Gasteiger partial charge < -0.3 is 14.6 Å². The molecule has 0 aliphatic rings. The number of carbonyl (C=O) groups excluding carboxylic acids is 1. The van der Waals surface area contributed by atoms with Crippen molar-refractivity contribution < 1.29 is 9.53 Å². The molecule has 0 unspecified atom stereocenters. The fourth-order valence-electron chi connectivity index (χ4n) is 1.45. The van der Waals surface area contributed by atoms with Crippen LogP contribution in [0.5, 0.6) is 0 Å². The molecule has 0 aliphatic carbocycles. The van der Waals surface area contributed by atoms with Crippen molar-refractivity contribution in [3.05, 3.63) is 27.1 Å². The number of rotatable bonds is 5. The van der Waals surface area contributed by atoms with Crippen molar-refractivity contribution in [1.82, 2.24) is 4.57 Å². The number of pyridine rings is 1. The highest BCUT2D eigenvalue weighted by molar-refractivity contribution is 9.10. The van der Waals surface area contributed by atoms with Crippen molar-refractivity contribution in [3.63, 3.8) is 0 Å². The standard InChI is InChI=1S/C12H17BrN2O3/c1-4-15-5-9(13)11(16)10(6-15)14-12(17)8(2)7-18-3/h5-6,8H,4,7H2,1-3H3,(H,14,17)/t8-/m1/s1. The monoisotopic (exact) mass is 316 g/mol. The fourth-order valence-corrected chi connectivity index (χ4v) is 1.92. The van der Waals surface area contributed by atoms with E-state index >= 15 is 0 Å². The summed E-state index contributed by atoms with van der Waals surface area (Å²) in [6.45, 7) is 4.74. The van der Waals surface area contributed by atoms with Crippen LogP contribution >= 0.6 is 15.9 Å². The number of ether oxygens (including phenoxy) is 1. The van der Waals surface area contributed by atoms with E-state index < -0.39 is 0 Å². The van der Waals surface area contributed by atoms with E-state index in [9.17, 15) is 9.59 Å². The quantitative estimate of drug-likeness (QED) is 0.901. The van der Waals surface area contributed by atoms with Crippen LogP contribution in [0, 0.1) is 5.92 Å². The topological polar surface area (TPSA) is 60.3 Å². The van der Waals surface area contributed by atoms with Crippen molar-refractivity contribution >= 4 is 27.5 Å². The Kier molecular flexibility index (Phi) is 5.55. The zero-order valence-electron chi connectivity index (χ0n) is 10.7. The van der Waals surface area contributed by atoms with E-state index in [1.165, 1.54) is 7.11 Å². The largest absolute Gasteiger partial charge is 0.384 e. The maximum Gasteiger partial charge on any atom is 0.229 e. The van der Waals surface area contributed by atoms with Gasteiger partial charge in [0.2, 0.25) is 11.3 Å². The molecular formula is C12H17BrN2O3. The predicted molar refractivity (Wildman–Crippen MR) is 73.7 cm³/mol. The highest BCUT2D eigenvalue weighted by atomic mass is 79.9. The molecule has 1 heterocycles. The van der Waals surface area contributed by atoms with E-state index in [1.54, 1.807) is 19.3 Å². The SMILES string of the molecule is CCn1cc(Br)c(=O)c(NC(=O)[C@H](C)COC)c1. The number of amides is 1. The maximum atomic E-state index is 11.8. The molecule has 1 rings (SSSR count). The van der Waals surface area contributed by atoms with Gasteiger partial charge in [-0.3, -0.25) is 9.59 Å². The molecule has 0 saturated heterocycles. The highest BCUT2D eigenvalue weighted by Gasteiger charge is 2.15. The Balaban J connectivity index is 2.93. The molecule has 1 N–H and O–H groups in total. The Bertz CT molecular complexity index is 485. The molecule has 0 radical (unpaired) electrons. The number of nitrogens with zero attached hydrogens (tertiary/aromatic N) is 1. The first-order valence-electron chi connectivity index (χ1n) is 5.69. The number of aromatic nitrogens is 1. The molecular weight excluding hydrogens is 300 g/mol. The smallest absolute Gasteiger partial charge is 0.229 e. The zero-order chi connectivity index (χ0) is 13.7. The van der Waals surface area contributed by atoms with Gasteiger partial charge in [0, 0.05) is 26.0 Å². The van der Waals surface area contributed by atoms with Gasteiger partial charge >= 0.3 is 0 Å². The van der Waals surface area contributed by atoms with Crippen LogP contribution in [-0.4, -0.2) is 24.2 Å². The lowest BCUT2D eigenvalue weighted by atomic mass is 10.2. The fraction of sp³-hybridized carbons (Fsp3) is 0.500. The normalized spacial score (nSPS) is 12.2. The number of methoxy groups -OCH3 is 1. The van der Waals surface area contributed by atoms with E-state index in [2.05, 4.69) is 21.2 Å². The third-order valence-electron chi connectivity index (χ3n) is 2.52. The van der Waals surface area contributed by atoms with Crippen LogP contribution in [0.1, 0.15) is 13.8 Å². The first-order valence-corrected chi connectivity index (χ1v) is 6.48. The van der Waals surface area contributed by atoms with E-state index in [-0.39, 0.29) is 22.9 Å². The first-order chi connectivity index (χ1) is 8.49. The van der Waals surface area contributed by atoms with Crippen molar-refractivity contribution in [3.8, 4) is 0 Å². The lowest BCUT2D eigenvalue weighted by molar-refractivity contribution is -0.120. The van der Waals surface area contributed by atoms with E-state index in [1.807, 2.05) is 11.5 Å². The number of carbonyl (C=O) groups is 1. The molecule has 1 aromatic heterocycles. The Morgan fingerprint density at radius 2 is 2.22 bits per heavy atom. The Morgan fingerprint density at radius 1 is 1.56 bits per heavy atom. The molecule has 0 aliphatic heterocycles. The summed E-state index contributed by atoms with van der Waals surface area (Å²) < 4.78 is 7.16. The molecule has 5 nitrogen and oxygen atoms in total. The molecule has 6 heteroatoms. The lowest BCUT2D eigenvalue weighted by Gasteiger charge is -2.12. The molecule has 100 valence electrons. The Hall–Kier alpha value is -1.14. The Morgan fingerprint density at radius 3 is 2.78 bits per heavy atom. The zero-order valence-corrected chi connectivity index (χ0v) is 12.3. The van der Waals surface area contributed by atoms with Crippen molar-refractivity contribution in [1.29, 1.82) is 0 Å². The third kappa shape index (κ3) is 3.68. The highest BCUT2D eigenvalue weighted by Crippen LogP contribution is 2.10. The Labute approximate surface area is 114 Å². The van der Waals surface area contributed by atoms with Gasteiger partial charge in [-0.1, -0.05) is 6.92 Å². The van der Waals surface area contributed by atoms with Gasteiger partial charge in [0.05, 0.1) is 17.0 Å². The van der Waals surface area contributed by atoms with Gasteiger partial charge in [0.1, 0.15) is 5.69 Å². The summed E-state index contributed by atoms with van der Waals surface area (Å²) in [4.78, 5) is 23.7. The summed E-state index contributed by atoms with van der Waals surface area (Å²) in [6.07, 6.45) is 3.32. The number of halogens is 1. The third-order valence-corrected chi connectivity index (χ3v) is 3.09. The molecule has 0 spiro atoms. The van der Waals surface area contributed by atoms with Gasteiger partial charge in [0.15, 0.2) is 0 Å². The minimum Gasteiger partial charge on any atom is -0.384 e. The molecule has 18 heavy (non-hydrogen) atoms. The van der Waals surface area contributed by atoms with E-state index in [0.717, 1.165) is 6.54 Å². The lowest BCUT2D eigenvalue weighted by Crippen LogP contribution is -2.27. The molecule has 0 saturated carbocycles. The van der Waals surface area contributed by atoms with Crippen molar-refractivity contribution in [2.24, 2.45) is 5.92 Å². The van der Waals surface area contributed by atoms with Crippen LogP contribution in [0.15, 0.2) is 21.7 Å². The summed E-state index contributed by atoms with van der Waals surface area (Å²) in [5, 5.41) is 2.63. The van der Waals surface area contributed by atoms with Crippen molar-refractivity contribution in [2.45, 2.75) is 20.4 Å². The molecule has 1 atom stereocenters. The summed E-state index contributed by atoms with van der Waals surface area (Å²) >= 11 is 3.19. The predicted octanol–water partition coefficient (Wildman–Crippen LogP) is 1.85. The first kappa shape index (κ1) is 14.9. The van der Waals surface area contributed by atoms with Crippen LogP contribution < -0.4 is 10.7 Å². The molecule has 0 fully saturated rings. The summed E-state index contributed by atoms with van der Waals surface area (Å²) in [5.74, 6) is -0.529. The second-order valence-electron chi connectivity index (χ2n) is 4.03. The van der Waals surface area contributed by atoms with Crippen LogP contribution in [0.3, 0.4) is 0 Å². The minimum absolute atomic E-state index is 0.224. The number of hydrogen-bond acceptors (Lipinski definition) is 3. The molecule has 1 aromatic rings. The van der Waals surface area contributed by atoms with Gasteiger partial charge in [-0.15, -0.1) is 0 Å². The minimum atomic E-state index is -0.302. The number of aryl methyl sites for hydroxylation is 1. The summed E-state index contributed by atoms with van der Waals surface area (Å²) in [7, 11) is 1.53. The van der Waals surface area contributed by atoms with Gasteiger partial charge in [-0.25, -0.2) is 0 Å². The number of hydrogen-bond donors (Lipinski definition) is 1. The molecule has 0 aromatic carbocycles. The van der Waals surface area contributed by atoms with Gasteiger partial charge in [-0.05, 0) is 22.9 Å². The second-order valence-corrected chi connectivity index (χ2v) is 4.88. The van der Waals surface area contributed by atoms with Crippen LogP contribution in [0.25, 0.3) is 0 Å². The van der Waals surface area contributed by atoms with Crippen LogP contribution in [-0.2, 0) is 16.1 Å². The molecule has 1 amide bonds. The van der Waals surface area contributed by atoms with E-state index in [0.29, 0.717) is 11.1 Å². The number of anilines is 1. The van der Waals surface area contributed by atoms with Crippen molar-refractivity contribution in [2.75, 3.05) is 19.0 Å². The summed E-state index contributed by atoms with van der Waals surface area (Å²) in [6, 6.07) is 0. The molecule has 0 bridgehead atoms. The second kappa shape index (κ2) is 6.70. The van der Waals surface area contributed by atoms with Gasteiger partial charge in [-0.2, -0.15) is 0 Å². The summed E-state index contributed by atoms with van der Waals surface area (Å²) in [5.41, 5.74) is 0.0526. The van der Waals surface area contributed by atoms with Crippen LogP contribution in [0.4, 0.5) is 5.69 Å². The average molecular weight is 317 g/mol.